The number of carbonyl (C=O) groups excluding carboxylic acids is 1. The number of hydrogen-bond donors (Lipinski definition) is 1. The Balaban J connectivity index is 1.63. The predicted octanol–water partition coefficient (Wildman–Crippen LogP) is 3.44. The topological polar surface area (TPSA) is 78.5 Å². The van der Waals surface area contributed by atoms with Gasteiger partial charge in [-0.15, -0.1) is 0 Å². The van der Waals surface area contributed by atoms with Crippen LogP contribution in [0.4, 0.5) is 0 Å². The highest BCUT2D eigenvalue weighted by atomic mass is 32.1. The molecule has 7 heteroatoms. The summed E-state index contributed by atoms with van der Waals surface area (Å²) in [6.07, 6.45) is 1.64. The van der Waals surface area contributed by atoms with E-state index in [4.69, 9.17) is 26.6 Å². The zero-order valence-electron chi connectivity index (χ0n) is 15.1. The molecule has 1 fully saturated rings. The summed E-state index contributed by atoms with van der Waals surface area (Å²) in [5.41, 5.74) is 0.974. The number of carbonyl (C=O) groups is 1. The van der Waals surface area contributed by atoms with Crippen molar-refractivity contribution in [2.45, 2.75) is 20.5 Å². The first-order valence-corrected chi connectivity index (χ1v) is 8.93. The van der Waals surface area contributed by atoms with Crippen molar-refractivity contribution in [3.8, 4) is 11.8 Å². The number of ether oxygens (including phenoxy) is 1. The minimum Gasteiger partial charge on any atom is -0.486 e. The number of nitriles is 1. The van der Waals surface area contributed by atoms with Gasteiger partial charge >= 0.3 is 0 Å². The minimum absolute atomic E-state index is 0.152. The van der Waals surface area contributed by atoms with Crippen molar-refractivity contribution >= 4 is 29.3 Å². The fourth-order valence-corrected chi connectivity index (χ4v) is 2.84. The molecule has 0 atom stereocenters. The summed E-state index contributed by atoms with van der Waals surface area (Å²) >= 11 is 5.23. The van der Waals surface area contributed by atoms with Crippen LogP contribution in [-0.4, -0.2) is 22.5 Å². The number of hydrogen-bond acceptors (Lipinski definition) is 5. The first-order chi connectivity index (χ1) is 13.0. The molecule has 2 aromatic rings. The van der Waals surface area contributed by atoms with Gasteiger partial charge in [-0.2, -0.15) is 5.26 Å². The van der Waals surface area contributed by atoms with E-state index >= 15 is 0 Å². The highest BCUT2D eigenvalue weighted by Crippen LogP contribution is 2.19. The van der Waals surface area contributed by atoms with Gasteiger partial charge in [0.05, 0.1) is 11.6 Å². The molecule has 1 amide bonds. The van der Waals surface area contributed by atoms with E-state index < -0.39 is 0 Å². The van der Waals surface area contributed by atoms with Gasteiger partial charge in [-0.3, -0.25) is 9.69 Å². The van der Waals surface area contributed by atoms with Crippen molar-refractivity contribution < 1.29 is 13.9 Å². The standard InChI is InChI=1S/C20H19N3O3S/c1-13(2)11-23-19(24)18(22-20(23)27)9-16-7-8-17(26-16)12-25-15-5-3-14(10-21)4-6-15/h3-9,13H,11-12H2,1-2H3,(H,22,27)/b18-9+. The molecule has 0 aliphatic carbocycles. The summed E-state index contributed by atoms with van der Waals surface area (Å²) in [6, 6.07) is 12.5. The predicted molar refractivity (Wildman–Crippen MR) is 104 cm³/mol. The Morgan fingerprint density at radius 3 is 2.70 bits per heavy atom. The van der Waals surface area contributed by atoms with E-state index in [0.29, 0.717) is 46.1 Å². The second kappa shape index (κ2) is 8.06. The first kappa shape index (κ1) is 18.7. The van der Waals surface area contributed by atoms with Crippen molar-refractivity contribution in [2.75, 3.05) is 6.54 Å². The second-order valence-corrected chi connectivity index (χ2v) is 6.91. The third-order valence-electron chi connectivity index (χ3n) is 3.84. The van der Waals surface area contributed by atoms with E-state index in [1.807, 2.05) is 13.8 Å². The summed E-state index contributed by atoms with van der Waals surface area (Å²) in [5, 5.41) is 12.1. The van der Waals surface area contributed by atoms with Crippen LogP contribution >= 0.6 is 12.2 Å². The molecule has 27 heavy (non-hydrogen) atoms. The molecule has 0 unspecified atom stereocenters. The van der Waals surface area contributed by atoms with E-state index in [-0.39, 0.29) is 12.5 Å². The van der Waals surface area contributed by atoms with Crippen molar-refractivity contribution in [1.29, 1.82) is 5.26 Å². The molecule has 1 aromatic carbocycles. The van der Waals surface area contributed by atoms with Crippen molar-refractivity contribution in [2.24, 2.45) is 5.92 Å². The SMILES string of the molecule is CC(C)CN1C(=O)/C(=C\c2ccc(COc3ccc(C#N)cc3)o2)NC1=S. The van der Waals surface area contributed by atoms with Gasteiger partial charge in [-0.1, -0.05) is 13.8 Å². The van der Waals surface area contributed by atoms with Gasteiger partial charge in [-0.05, 0) is 54.5 Å². The Bertz CT molecular complexity index is 923. The Morgan fingerprint density at radius 1 is 1.30 bits per heavy atom. The Kier molecular flexibility index (Phi) is 5.57. The van der Waals surface area contributed by atoms with Crippen molar-refractivity contribution in [3.05, 3.63) is 59.2 Å². The number of furan rings is 1. The van der Waals surface area contributed by atoms with Gasteiger partial charge in [0.25, 0.3) is 5.91 Å². The highest BCUT2D eigenvalue weighted by molar-refractivity contribution is 7.80. The van der Waals surface area contributed by atoms with Crippen LogP contribution in [0.3, 0.4) is 0 Å². The fraction of sp³-hybridized carbons (Fsp3) is 0.250. The maximum Gasteiger partial charge on any atom is 0.276 e. The summed E-state index contributed by atoms with van der Waals surface area (Å²) in [4.78, 5) is 14.0. The molecular weight excluding hydrogens is 362 g/mol. The lowest BCUT2D eigenvalue weighted by atomic mass is 10.2. The van der Waals surface area contributed by atoms with Crippen LogP contribution in [0.25, 0.3) is 6.08 Å². The molecule has 1 saturated heterocycles. The van der Waals surface area contributed by atoms with Gasteiger partial charge in [0.2, 0.25) is 0 Å². The molecule has 1 aromatic heterocycles. The molecule has 6 nitrogen and oxygen atoms in total. The van der Waals surface area contributed by atoms with Gasteiger partial charge in [-0.25, -0.2) is 0 Å². The van der Waals surface area contributed by atoms with Gasteiger partial charge in [0.1, 0.15) is 29.6 Å². The molecule has 0 bridgehead atoms. The summed E-state index contributed by atoms with van der Waals surface area (Å²) in [6.45, 7) is 4.88. The van der Waals surface area contributed by atoms with E-state index in [1.54, 1.807) is 47.4 Å². The lowest BCUT2D eigenvalue weighted by molar-refractivity contribution is -0.122. The molecule has 138 valence electrons. The normalized spacial score (nSPS) is 15.3. The number of thiocarbonyl (C=S) groups is 1. The molecule has 1 aliphatic heterocycles. The number of benzene rings is 1. The molecule has 3 rings (SSSR count). The van der Waals surface area contributed by atoms with E-state index in [0.717, 1.165) is 0 Å². The van der Waals surface area contributed by atoms with E-state index in [1.165, 1.54) is 0 Å². The average molecular weight is 381 g/mol. The third kappa shape index (κ3) is 4.54. The molecule has 2 heterocycles. The number of nitrogens with one attached hydrogen (secondary N) is 1. The second-order valence-electron chi connectivity index (χ2n) is 6.53. The monoisotopic (exact) mass is 381 g/mol. The zero-order valence-corrected chi connectivity index (χ0v) is 15.9. The van der Waals surface area contributed by atoms with Crippen LogP contribution in [-0.2, 0) is 11.4 Å². The molecule has 1 N–H and O–H groups in total. The summed E-state index contributed by atoms with van der Waals surface area (Å²) < 4.78 is 11.3. The van der Waals surface area contributed by atoms with Gasteiger partial charge < -0.3 is 14.5 Å². The number of nitrogens with zero attached hydrogens (tertiary/aromatic N) is 2. The Hall–Kier alpha value is -3.11. The number of amides is 1. The molecular formula is C20H19N3O3S. The lowest BCUT2D eigenvalue weighted by Gasteiger charge is -2.15. The first-order valence-electron chi connectivity index (χ1n) is 8.52. The Morgan fingerprint density at radius 2 is 2.04 bits per heavy atom. The third-order valence-corrected chi connectivity index (χ3v) is 4.17. The molecule has 0 saturated carbocycles. The van der Waals surface area contributed by atoms with Crippen molar-refractivity contribution in [1.82, 2.24) is 10.2 Å². The summed E-state index contributed by atoms with van der Waals surface area (Å²) in [5.74, 6) is 1.98. The van der Waals surface area contributed by atoms with Crippen LogP contribution in [0.15, 0.2) is 46.5 Å². The lowest BCUT2D eigenvalue weighted by Crippen LogP contribution is -2.33. The average Bonchev–Trinajstić information content (AvgIpc) is 3.20. The fourth-order valence-electron chi connectivity index (χ4n) is 2.57. The smallest absolute Gasteiger partial charge is 0.276 e. The Labute approximate surface area is 163 Å². The van der Waals surface area contributed by atoms with Crippen molar-refractivity contribution in [3.63, 3.8) is 0 Å². The van der Waals surface area contributed by atoms with Gasteiger partial charge in [0, 0.05) is 12.6 Å². The molecule has 0 spiro atoms. The van der Waals surface area contributed by atoms with E-state index in [9.17, 15) is 4.79 Å². The van der Waals surface area contributed by atoms with Crippen LogP contribution < -0.4 is 10.1 Å². The molecule has 1 aliphatic rings. The molecule has 0 radical (unpaired) electrons. The maximum atomic E-state index is 12.4. The maximum absolute atomic E-state index is 12.4. The summed E-state index contributed by atoms with van der Waals surface area (Å²) in [7, 11) is 0. The largest absolute Gasteiger partial charge is 0.486 e. The minimum atomic E-state index is -0.152. The quantitative estimate of drug-likeness (QED) is 0.610. The van der Waals surface area contributed by atoms with E-state index in [2.05, 4.69) is 11.4 Å². The van der Waals surface area contributed by atoms with Crippen LogP contribution in [0, 0.1) is 17.2 Å². The van der Waals surface area contributed by atoms with Crippen LogP contribution in [0.2, 0.25) is 0 Å². The van der Waals surface area contributed by atoms with Crippen LogP contribution in [0.1, 0.15) is 30.9 Å². The zero-order chi connectivity index (χ0) is 19.4. The van der Waals surface area contributed by atoms with Crippen LogP contribution in [0.5, 0.6) is 5.75 Å². The highest BCUT2D eigenvalue weighted by Gasteiger charge is 2.31. The number of rotatable bonds is 6. The van der Waals surface area contributed by atoms with Gasteiger partial charge in [0.15, 0.2) is 5.11 Å².